The normalized spacial score (nSPS) is 12.8. The lowest BCUT2D eigenvalue weighted by atomic mass is 9.89. The Hall–Kier alpha value is -6.01. The molecular formula is C57H62F4N4O6S3. The van der Waals surface area contributed by atoms with Crippen LogP contribution < -0.4 is 21.0 Å². The number of amides is 1. The van der Waals surface area contributed by atoms with Gasteiger partial charge in [-0.1, -0.05) is 131 Å². The Kier molecular flexibility index (Phi) is 16.6. The van der Waals surface area contributed by atoms with Gasteiger partial charge in [-0.05, 0) is 65.5 Å². The first-order chi connectivity index (χ1) is 34.8. The molecule has 7 rings (SSSR count). The van der Waals surface area contributed by atoms with Gasteiger partial charge in [0.15, 0.2) is 23.3 Å². The summed E-state index contributed by atoms with van der Waals surface area (Å²) in [6, 6.07) is 28.4. The number of rotatable bonds is 18. The number of hydrogen-bond acceptors (Lipinski definition) is 8. The first kappa shape index (κ1) is 55.7. The number of carbonyl (C=O) groups excluding carboxylic acids is 1. The molecule has 0 bridgehead atoms. The summed E-state index contributed by atoms with van der Waals surface area (Å²) in [5.74, 6) is -8.47. The minimum absolute atomic E-state index is 0.0577. The smallest absolute Gasteiger partial charge is 0.225 e. The van der Waals surface area contributed by atoms with Crippen molar-refractivity contribution in [2.75, 3.05) is 17.6 Å². The average Bonchev–Trinajstić information content (AvgIpc) is 3.34. The molecule has 1 heterocycles. The molecule has 1 aliphatic carbocycles. The zero-order valence-electron chi connectivity index (χ0n) is 43.3. The summed E-state index contributed by atoms with van der Waals surface area (Å²) < 4.78 is 129. The van der Waals surface area contributed by atoms with Crippen LogP contribution in [0.3, 0.4) is 0 Å². The molecule has 17 heteroatoms. The highest BCUT2D eigenvalue weighted by molar-refractivity contribution is 8.12. The molecular weight excluding hydrogens is 1010 g/mol. The predicted molar refractivity (Wildman–Crippen MR) is 286 cm³/mol. The number of halogens is 4. The number of nitrogens with one attached hydrogen (secondary N) is 3. The summed E-state index contributed by atoms with van der Waals surface area (Å²) in [7, 11) is -11.5. The molecule has 5 aromatic carbocycles. The lowest BCUT2D eigenvalue weighted by Gasteiger charge is -2.25. The highest BCUT2D eigenvalue weighted by Gasteiger charge is 2.33. The molecule has 0 unspecified atom stereocenters. The second-order valence-corrected chi connectivity index (χ2v) is 24.6. The van der Waals surface area contributed by atoms with Gasteiger partial charge in [0.25, 0.3) is 0 Å². The van der Waals surface area contributed by atoms with Crippen LogP contribution >= 0.6 is 11.8 Å². The van der Waals surface area contributed by atoms with Crippen molar-refractivity contribution in [3.63, 3.8) is 0 Å². The molecule has 0 radical (unpaired) electrons. The summed E-state index contributed by atoms with van der Waals surface area (Å²) in [5.41, 5.74) is 7.10. The van der Waals surface area contributed by atoms with Gasteiger partial charge in [0.2, 0.25) is 17.0 Å². The number of para-hydroxylation sites is 2. The van der Waals surface area contributed by atoms with E-state index in [0.29, 0.717) is 51.5 Å². The monoisotopic (exact) mass is 1070 g/mol. The minimum atomic E-state index is -6.03. The topological polar surface area (TPSA) is 151 Å². The van der Waals surface area contributed by atoms with Crippen LogP contribution in [0.15, 0.2) is 116 Å². The van der Waals surface area contributed by atoms with Gasteiger partial charge in [0.1, 0.15) is 36.3 Å². The molecule has 1 aliphatic heterocycles. The summed E-state index contributed by atoms with van der Waals surface area (Å²) in [6.07, 6.45) is 0.490. The first-order valence-electron chi connectivity index (χ1n) is 24.5. The van der Waals surface area contributed by atoms with Crippen LogP contribution in [0, 0.1) is 28.7 Å². The molecule has 3 N–H and O–H groups in total. The van der Waals surface area contributed by atoms with Crippen LogP contribution in [0.25, 0.3) is 37.5 Å². The van der Waals surface area contributed by atoms with Gasteiger partial charge >= 0.3 is 0 Å². The van der Waals surface area contributed by atoms with E-state index in [1.54, 1.807) is 45.0 Å². The van der Waals surface area contributed by atoms with Crippen molar-refractivity contribution < 1.29 is 48.6 Å². The molecule has 10 nitrogen and oxygen atoms in total. The Balaban J connectivity index is 1.37. The molecule has 5 aromatic rings. The Bertz CT molecular complexity index is 3480. The average molecular weight is 1070 g/mol. The Morgan fingerprint density at radius 1 is 0.689 bits per heavy atom. The van der Waals surface area contributed by atoms with E-state index in [1.165, 1.54) is 18.2 Å². The maximum atomic E-state index is 15.8. The van der Waals surface area contributed by atoms with Crippen molar-refractivity contribution in [3.05, 3.63) is 152 Å². The van der Waals surface area contributed by atoms with E-state index in [9.17, 15) is 21.6 Å². The van der Waals surface area contributed by atoms with E-state index in [1.807, 2.05) is 24.3 Å². The third-order valence-electron chi connectivity index (χ3n) is 13.2. The van der Waals surface area contributed by atoms with E-state index in [4.69, 9.17) is 4.42 Å². The van der Waals surface area contributed by atoms with E-state index in [-0.39, 0.29) is 53.0 Å². The van der Waals surface area contributed by atoms with Crippen molar-refractivity contribution in [3.8, 4) is 22.5 Å². The molecule has 0 aromatic heterocycles. The van der Waals surface area contributed by atoms with Gasteiger partial charge in [-0.2, -0.15) is 0 Å². The number of nitrogens with zero attached hydrogens (tertiary/aromatic N) is 1. The predicted octanol–water partition coefficient (Wildman–Crippen LogP) is 13.4. The molecule has 0 spiro atoms. The number of fused-ring (bicyclic) bond motifs is 2. The van der Waals surface area contributed by atoms with Gasteiger partial charge in [0.05, 0.1) is 15.9 Å². The van der Waals surface area contributed by atoms with Gasteiger partial charge in [-0.25, -0.2) is 39.4 Å². The van der Waals surface area contributed by atoms with Crippen LogP contribution in [-0.2, 0) is 24.8 Å². The van der Waals surface area contributed by atoms with Gasteiger partial charge in [-0.15, -0.1) is 11.8 Å². The van der Waals surface area contributed by atoms with Crippen molar-refractivity contribution in [1.82, 2.24) is 5.32 Å². The van der Waals surface area contributed by atoms with Crippen LogP contribution in [-0.4, -0.2) is 35.0 Å². The Labute approximate surface area is 435 Å². The molecule has 74 heavy (non-hydrogen) atoms. The second-order valence-electron chi connectivity index (χ2n) is 20.2. The Morgan fingerprint density at radius 2 is 1.26 bits per heavy atom. The van der Waals surface area contributed by atoms with Crippen molar-refractivity contribution >= 4 is 65.7 Å². The zero-order chi connectivity index (χ0) is 54.2. The number of thioether (sulfide) groups is 1. The second kappa shape index (κ2) is 22.1. The first-order valence-corrected chi connectivity index (χ1v) is 28.4. The molecule has 0 saturated heterocycles. The highest BCUT2D eigenvalue weighted by atomic mass is 32.3. The standard InChI is InChI=1S/C57H61F4N4O6S3/c1-12-57(10,11)56(66)62-27-28-72-54-48(58)50(60)55(51(61)49(54)59)74(69,70)65-73(67,68)46-22-14-13-17-43(46)47-41-25-23-35(63-52-37(31(2)3)18-15-19-38(52)32(4)5)29-44(41)71-45-30-36(24-26-42(45)47)64-53-39(33(6)7)20-16-21-40(53)34(8)9/h13-26,29-34H,12,27-28H2,1-11H3,(H,62,66)(H,63,64)/q-1/p+1. The van der Waals surface area contributed by atoms with Crippen LogP contribution in [0.4, 0.5) is 34.6 Å². The molecule has 0 saturated carbocycles. The maximum Gasteiger partial charge on any atom is 0.225 e. The summed E-state index contributed by atoms with van der Waals surface area (Å²) in [6.45, 7) is 21.9. The zero-order valence-corrected chi connectivity index (χ0v) is 45.8. The van der Waals surface area contributed by atoms with Gasteiger partial charge < -0.3 is 19.2 Å². The number of anilines is 2. The number of hydrogen-bond donors (Lipinski definition) is 3. The Morgan fingerprint density at radius 3 is 1.82 bits per heavy atom. The van der Waals surface area contributed by atoms with E-state index < -0.39 is 63.4 Å². The fourth-order valence-electron chi connectivity index (χ4n) is 8.78. The quantitative estimate of drug-likeness (QED) is 0.0253. The SMILES string of the molecule is CCC(C)(C)C(=O)NCCSc1c(F)c(F)c(S(=O)(=O)[N-]S(=O)(=O)c2ccccc2-c2c3ccc(=[NH+]c4c(C(C)C)cccc4C(C)C)cc-3oc3cc(Nc4c(C(C)C)cccc4C(C)C)ccc23)c(F)c1F. The molecule has 1 amide bonds. The van der Waals surface area contributed by atoms with Crippen LogP contribution in [0.2, 0.25) is 0 Å². The molecule has 0 atom stereocenters. The lowest BCUT2D eigenvalue weighted by Crippen LogP contribution is -2.71. The molecule has 392 valence electrons. The number of benzene rings is 6. The van der Waals surface area contributed by atoms with E-state index in [0.717, 1.165) is 39.7 Å². The molecule has 0 fully saturated rings. The van der Waals surface area contributed by atoms with E-state index in [2.05, 4.69) is 99.4 Å². The fourth-order valence-corrected chi connectivity index (χ4v) is 12.6. The fraction of sp³-hybridized carbons (Fsp3) is 0.333. The third kappa shape index (κ3) is 11.3. The highest BCUT2D eigenvalue weighted by Crippen LogP contribution is 2.45. The van der Waals surface area contributed by atoms with Crippen molar-refractivity contribution in [2.24, 2.45) is 5.41 Å². The summed E-state index contributed by atoms with van der Waals surface area (Å²) >= 11 is 0.297. The summed E-state index contributed by atoms with van der Waals surface area (Å²) in [4.78, 5) is 12.0. The van der Waals surface area contributed by atoms with Crippen molar-refractivity contribution in [2.45, 2.75) is 121 Å². The largest absolute Gasteiger partial charge is 0.456 e. The lowest BCUT2D eigenvalue weighted by molar-refractivity contribution is -0.404. The van der Waals surface area contributed by atoms with Gasteiger partial charge in [0, 0.05) is 74.4 Å². The molecule has 2 aliphatic rings. The van der Waals surface area contributed by atoms with Crippen molar-refractivity contribution in [1.29, 1.82) is 0 Å². The van der Waals surface area contributed by atoms with Crippen LogP contribution in [0.5, 0.6) is 0 Å². The van der Waals surface area contributed by atoms with Gasteiger partial charge in [-0.3, -0.25) is 4.79 Å². The minimum Gasteiger partial charge on any atom is -0.456 e. The number of carbonyl (C=O) groups is 1. The summed E-state index contributed by atoms with van der Waals surface area (Å²) in [5, 5.41) is 7.27. The maximum absolute atomic E-state index is 15.8. The number of sulfonamides is 2. The third-order valence-corrected chi connectivity index (χ3v) is 17.6. The van der Waals surface area contributed by atoms with E-state index >= 15 is 17.6 Å². The van der Waals surface area contributed by atoms with Crippen LogP contribution in [0.1, 0.15) is 129 Å².